The van der Waals surface area contributed by atoms with E-state index in [1.165, 1.54) is 32.1 Å². The molecule has 0 aromatic heterocycles. The zero-order chi connectivity index (χ0) is 12.6. The maximum Gasteiger partial charge on any atom is 0.133 e. The maximum atomic E-state index is 5.74. The van der Waals surface area contributed by atoms with Gasteiger partial charge in [-0.2, -0.15) is 0 Å². The van der Waals surface area contributed by atoms with Crippen LogP contribution in [-0.2, 0) is 0 Å². The van der Waals surface area contributed by atoms with Crippen molar-refractivity contribution in [3.05, 3.63) is 28.7 Å². The first-order chi connectivity index (χ1) is 8.86. The van der Waals surface area contributed by atoms with Crippen LogP contribution in [0.4, 0.5) is 0 Å². The summed E-state index contributed by atoms with van der Waals surface area (Å²) in [5.41, 5.74) is 0. The summed E-state index contributed by atoms with van der Waals surface area (Å²) in [6.07, 6.45) is 7.98. The molecule has 0 heterocycles. The van der Waals surface area contributed by atoms with Gasteiger partial charge in [-0.25, -0.2) is 0 Å². The number of rotatable bonds is 6. The number of halogens is 1. The molecule has 0 spiro atoms. The van der Waals surface area contributed by atoms with Crippen LogP contribution < -0.4 is 10.1 Å². The summed E-state index contributed by atoms with van der Waals surface area (Å²) in [6.45, 7) is 1.84. The van der Waals surface area contributed by atoms with E-state index in [0.717, 1.165) is 35.8 Å². The Hall–Kier alpha value is -0.540. The monoisotopic (exact) mass is 311 g/mol. The van der Waals surface area contributed by atoms with E-state index >= 15 is 0 Å². The van der Waals surface area contributed by atoms with Crippen molar-refractivity contribution in [3.63, 3.8) is 0 Å². The Balaban J connectivity index is 1.57. The van der Waals surface area contributed by atoms with Gasteiger partial charge in [0.05, 0.1) is 11.1 Å². The van der Waals surface area contributed by atoms with Crippen molar-refractivity contribution in [2.45, 2.75) is 44.6 Å². The summed E-state index contributed by atoms with van der Waals surface area (Å²) < 4.78 is 6.77. The molecule has 2 nitrogen and oxygen atoms in total. The first-order valence-electron chi connectivity index (χ1n) is 6.97. The number of para-hydroxylation sites is 1. The lowest BCUT2D eigenvalue weighted by molar-refractivity contribution is 0.295. The average Bonchev–Trinajstić information content (AvgIpc) is 2.42. The number of hydrogen-bond donors (Lipinski definition) is 1. The largest absolute Gasteiger partial charge is 0.492 e. The second kappa shape index (κ2) is 7.80. The van der Waals surface area contributed by atoms with Crippen LogP contribution in [0.5, 0.6) is 5.75 Å². The molecule has 3 heteroatoms. The highest BCUT2D eigenvalue weighted by Gasteiger charge is 2.11. The standard InChI is InChI=1S/C15H22BrNO/c16-14-9-4-5-10-15(14)18-12-6-11-17-13-7-2-1-3-8-13/h4-5,9-10,13,17H,1-3,6-8,11-12H2. The Kier molecular flexibility index (Phi) is 6.01. The van der Waals surface area contributed by atoms with Crippen molar-refractivity contribution in [3.8, 4) is 5.75 Å². The topological polar surface area (TPSA) is 21.3 Å². The maximum absolute atomic E-state index is 5.74. The van der Waals surface area contributed by atoms with Gasteiger partial charge in [0.1, 0.15) is 5.75 Å². The van der Waals surface area contributed by atoms with Crippen LogP contribution in [0.3, 0.4) is 0 Å². The zero-order valence-corrected chi connectivity index (χ0v) is 12.4. The van der Waals surface area contributed by atoms with Crippen LogP contribution in [0.25, 0.3) is 0 Å². The third-order valence-corrected chi connectivity index (χ3v) is 4.11. The normalized spacial score (nSPS) is 16.7. The number of hydrogen-bond acceptors (Lipinski definition) is 2. The molecular weight excluding hydrogens is 290 g/mol. The van der Waals surface area contributed by atoms with Gasteiger partial charge < -0.3 is 10.1 Å². The third-order valence-electron chi connectivity index (χ3n) is 3.45. The second-order valence-electron chi connectivity index (χ2n) is 4.92. The fourth-order valence-corrected chi connectivity index (χ4v) is 2.83. The molecule has 0 bridgehead atoms. The molecule has 1 fully saturated rings. The molecule has 0 radical (unpaired) electrons. The average molecular weight is 312 g/mol. The Morgan fingerprint density at radius 1 is 1.17 bits per heavy atom. The van der Waals surface area contributed by atoms with Gasteiger partial charge in [0.2, 0.25) is 0 Å². The van der Waals surface area contributed by atoms with Gasteiger partial charge in [-0.3, -0.25) is 0 Å². The minimum atomic E-state index is 0.752. The summed E-state index contributed by atoms with van der Waals surface area (Å²) in [6, 6.07) is 8.76. The Labute approximate surface area is 118 Å². The molecular formula is C15H22BrNO. The third kappa shape index (κ3) is 4.62. The van der Waals surface area contributed by atoms with E-state index in [1.54, 1.807) is 0 Å². The van der Waals surface area contributed by atoms with Crippen molar-refractivity contribution in [2.24, 2.45) is 0 Å². The van der Waals surface area contributed by atoms with Crippen LogP contribution in [-0.4, -0.2) is 19.2 Å². The molecule has 18 heavy (non-hydrogen) atoms. The number of nitrogens with one attached hydrogen (secondary N) is 1. The molecule has 2 rings (SSSR count). The first kappa shape index (κ1) is 13.9. The van der Waals surface area contributed by atoms with Crippen LogP contribution in [0.1, 0.15) is 38.5 Å². The molecule has 0 aliphatic heterocycles. The van der Waals surface area contributed by atoms with E-state index in [9.17, 15) is 0 Å². The molecule has 1 aromatic carbocycles. The van der Waals surface area contributed by atoms with E-state index in [2.05, 4.69) is 21.2 Å². The van der Waals surface area contributed by atoms with E-state index < -0.39 is 0 Å². The highest BCUT2D eigenvalue weighted by molar-refractivity contribution is 9.10. The molecule has 1 aromatic rings. The molecule has 0 saturated heterocycles. The van der Waals surface area contributed by atoms with Crippen LogP contribution >= 0.6 is 15.9 Å². The van der Waals surface area contributed by atoms with Crippen LogP contribution in [0.15, 0.2) is 28.7 Å². The van der Waals surface area contributed by atoms with E-state index in [0.29, 0.717) is 0 Å². The minimum absolute atomic E-state index is 0.752. The molecule has 0 atom stereocenters. The quantitative estimate of drug-likeness (QED) is 0.797. The molecule has 1 saturated carbocycles. The summed E-state index contributed by atoms with van der Waals surface area (Å²) >= 11 is 3.49. The van der Waals surface area contributed by atoms with Gasteiger partial charge in [-0.05, 0) is 53.9 Å². The lowest BCUT2D eigenvalue weighted by Crippen LogP contribution is -2.32. The van der Waals surface area contributed by atoms with Gasteiger partial charge in [0.25, 0.3) is 0 Å². The summed E-state index contributed by atoms with van der Waals surface area (Å²) in [5.74, 6) is 0.940. The predicted molar refractivity (Wildman–Crippen MR) is 79.1 cm³/mol. The lowest BCUT2D eigenvalue weighted by Gasteiger charge is -2.22. The van der Waals surface area contributed by atoms with Crippen LogP contribution in [0, 0.1) is 0 Å². The van der Waals surface area contributed by atoms with Crippen molar-refractivity contribution >= 4 is 15.9 Å². The van der Waals surface area contributed by atoms with Gasteiger partial charge in [0.15, 0.2) is 0 Å². The fourth-order valence-electron chi connectivity index (χ4n) is 2.43. The molecule has 100 valence electrons. The van der Waals surface area contributed by atoms with Crippen molar-refractivity contribution < 1.29 is 4.74 Å². The predicted octanol–water partition coefficient (Wildman–Crippen LogP) is 4.14. The van der Waals surface area contributed by atoms with Gasteiger partial charge in [-0.1, -0.05) is 31.4 Å². The minimum Gasteiger partial charge on any atom is -0.492 e. The Morgan fingerprint density at radius 2 is 1.94 bits per heavy atom. The summed E-state index contributed by atoms with van der Waals surface area (Å²) in [5, 5.41) is 3.63. The molecule has 0 unspecified atom stereocenters. The Morgan fingerprint density at radius 3 is 2.72 bits per heavy atom. The first-order valence-corrected chi connectivity index (χ1v) is 7.76. The van der Waals surface area contributed by atoms with Crippen molar-refractivity contribution in [1.82, 2.24) is 5.32 Å². The van der Waals surface area contributed by atoms with Crippen molar-refractivity contribution in [2.75, 3.05) is 13.2 Å². The zero-order valence-electron chi connectivity index (χ0n) is 10.8. The Bertz CT molecular complexity index is 350. The van der Waals surface area contributed by atoms with Crippen molar-refractivity contribution in [1.29, 1.82) is 0 Å². The molecule has 1 aliphatic carbocycles. The second-order valence-corrected chi connectivity index (χ2v) is 5.78. The highest BCUT2D eigenvalue weighted by Crippen LogP contribution is 2.23. The van der Waals surface area contributed by atoms with Gasteiger partial charge in [-0.15, -0.1) is 0 Å². The van der Waals surface area contributed by atoms with E-state index in [4.69, 9.17) is 4.74 Å². The molecule has 1 aliphatic rings. The molecule has 1 N–H and O–H groups in total. The van der Waals surface area contributed by atoms with Gasteiger partial charge >= 0.3 is 0 Å². The van der Waals surface area contributed by atoms with E-state index in [-0.39, 0.29) is 0 Å². The van der Waals surface area contributed by atoms with Gasteiger partial charge in [0, 0.05) is 6.04 Å². The van der Waals surface area contributed by atoms with Crippen LogP contribution in [0.2, 0.25) is 0 Å². The summed E-state index contributed by atoms with van der Waals surface area (Å²) in [4.78, 5) is 0. The number of benzene rings is 1. The molecule has 0 amide bonds. The summed E-state index contributed by atoms with van der Waals surface area (Å²) in [7, 11) is 0. The lowest BCUT2D eigenvalue weighted by atomic mass is 9.95. The fraction of sp³-hybridized carbons (Fsp3) is 0.600. The van der Waals surface area contributed by atoms with E-state index in [1.807, 2.05) is 24.3 Å². The highest BCUT2D eigenvalue weighted by atomic mass is 79.9. The number of ether oxygens (including phenoxy) is 1. The smallest absolute Gasteiger partial charge is 0.133 e. The SMILES string of the molecule is Brc1ccccc1OCCCNC1CCCCC1.